The number of hydrogen-bond acceptors (Lipinski definition) is 5. The topological polar surface area (TPSA) is 76.0 Å². The summed E-state index contributed by atoms with van der Waals surface area (Å²) in [6, 6.07) is -0.347. The highest BCUT2D eigenvalue weighted by Gasteiger charge is 2.57. The number of nitrogens with zero attached hydrogens (tertiary/aromatic N) is 1. The lowest BCUT2D eigenvalue weighted by Crippen LogP contribution is -2.57. The molecule has 2 aliphatic heterocycles. The van der Waals surface area contributed by atoms with E-state index in [4.69, 9.17) is 0 Å². The van der Waals surface area contributed by atoms with E-state index in [0.717, 1.165) is 6.54 Å². The van der Waals surface area contributed by atoms with Crippen molar-refractivity contribution in [3.05, 3.63) is 12.7 Å². The second kappa shape index (κ2) is 4.43. The van der Waals surface area contributed by atoms with Gasteiger partial charge >= 0.3 is 0 Å². The molecule has 0 aromatic rings. The van der Waals surface area contributed by atoms with Crippen LogP contribution in [0.25, 0.3) is 0 Å². The molecular weight excluding hydrogens is 208 g/mol. The van der Waals surface area contributed by atoms with Gasteiger partial charge in [0.15, 0.2) is 0 Å². The van der Waals surface area contributed by atoms with E-state index in [1.165, 1.54) is 0 Å². The summed E-state index contributed by atoms with van der Waals surface area (Å²) < 4.78 is 0. The fraction of sp³-hybridized carbons (Fsp3) is 0.818. The van der Waals surface area contributed by atoms with Gasteiger partial charge in [-0.05, 0) is 6.42 Å². The molecule has 92 valence electrons. The maximum Gasteiger partial charge on any atom is 0.122 e. The van der Waals surface area contributed by atoms with Gasteiger partial charge in [-0.25, -0.2) is 0 Å². The van der Waals surface area contributed by atoms with Crippen LogP contribution in [0.4, 0.5) is 0 Å². The summed E-state index contributed by atoms with van der Waals surface area (Å²) in [5, 5.41) is 33.2. The van der Waals surface area contributed by atoms with Gasteiger partial charge in [-0.15, -0.1) is 6.58 Å². The van der Waals surface area contributed by atoms with Crippen LogP contribution in [0, 0.1) is 0 Å². The first kappa shape index (κ1) is 12.0. The summed E-state index contributed by atoms with van der Waals surface area (Å²) >= 11 is 0. The number of nitrogens with one attached hydrogen (secondary N) is 1. The Kier molecular flexibility index (Phi) is 3.32. The van der Waals surface area contributed by atoms with Gasteiger partial charge in [0, 0.05) is 26.2 Å². The van der Waals surface area contributed by atoms with Crippen LogP contribution in [0.5, 0.6) is 0 Å². The molecule has 2 aliphatic rings. The smallest absolute Gasteiger partial charge is 0.122 e. The van der Waals surface area contributed by atoms with E-state index in [9.17, 15) is 15.3 Å². The molecule has 0 aromatic heterocycles. The number of hydrogen-bond donors (Lipinski definition) is 4. The van der Waals surface area contributed by atoms with Gasteiger partial charge in [-0.2, -0.15) is 0 Å². The van der Waals surface area contributed by atoms with E-state index in [-0.39, 0.29) is 12.6 Å². The molecule has 2 rings (SSSR count). The highest BCUT2D eigenvalue weighted by atomic mass is 16.4. The van der Waals surface area contributed by atoms with Crippen LogP contribution in [-0.2, 0) is 0 Å². The van der Waals surface area contributed by atoms with Crippen LogP contribution in [0.15, 0.2) is 12.7 Å². The van der Waals surface area contributed by atoms with E-state index in [2.05, 4.69) is 11.9 Å². The van der Waals surface area contributed by atoms with Crippen molar-refractivity contribution in [3.8, 4) is 0 Å². The molecule has 0 aromatic carbocycles. The monoisotopic (exact) mass is 228 g/mol. The maximum absolute atomic E-state index is 10.5. The lowest BCUT2D eigenvalue weighted by molar-refractivity contribution is -0.0817. The Hall–Kier alpha value is -0.460. The highest BCUT2D eigenvalue weighted by Crippen LogP contribution is 2.36. The van der Waals surface area contributed by atoms with Crippen LogP contribution in [0.1, 0.15) is 6.42 Å². The SMILES string of the molecule is C=CCNCC1(O)C(O)CN2CCC(O)C21. The van der Waals surface area contributed by atoms with Crippen LogP contribution < -0.4 is 5.32 Å². The summed E-state index contributed by atoms with van der Waals surface area (Å²) in [5.74, 6) is 0. The predicted molar refractivity (Wildman–Crippen MR) is 60.0 cm³/mol. The zero-order valence-electron chi connectivity index (χ0n) is 9.34. The molecule has 5 heteroatoms. The largest absolute Gasteiger partial charge is 0.391 e. The minimum atomic E-state index is -1.25. The number of aliphatic hydroxyl groups is 3. The Labute approximate surface area is 95.4 Å². The Morgan fingerprint density at radius 3 is 2.94 bits per heavy atom. The van der Waals surface area contributed by atoms with E-state index >= 15 is 0 Å². The third kappa shape index (κ3) is 1.78. The fourth-order valence-electron chi connectivity index (χ4n) is 2.87. The van der Waals surface area contributed by atoms with Crippen molar-refractivity contribution >= 4 is 0 Å². The Balaban J connectivity index is 2.07. The van der Waals surface area contributed by atoms with Crippen molar-refractivity contribution in [3.63, 3.8) is 0 Å². The van der Waals surface area contributed by atoms with E-state index in [1.54, 1.807) is 6.08 Å². The second-order valence-electron chi connectivity index (χ2n) is 4.72. The predicted octanol–water partition coefficient (Wildman–Crippen LogP) is -1.70. The van der Waals surface area contributed by atoms with Crippen molar-refractivity contribution in [2.45, 2.75) is 30.3 Å². The summed E-state index contributed by atoms with van der Waals surface area (Å²) in [6.45, 7) is 5.62. The molecule has 2 heterocycles. The summed E-state index contributed by atoms with van der Waals surface area (Å²) in [5.41, 5.74) is -1.25. The van der Waals surface area contributed by atoms with Crippen molar-refractivity contribution in [1.82, 2.24) is 10.2 Å². The normalized spacial score (nSPS) is 43.6. The molecule has 0 radical (unpaired) electrons. The Morgan fingerprint density at radius 1 is 1.50 bits per heavy atom. The van der Waals surface area contributed by atoms with Gasteiger partial charge in [0.05, 0.1) is 18.2 Å². The Morgan fingerprint density at radius 2 is 2.25 bits per heavy atom. The molecule has 2 fully saturated rings. The summed E-state index contributed by atoms with van der Waals surface area (Å²) in [6.07, 6.45) is 1.02. The highest BCUT2D eigenvalue weighted by molar-refractivity contribution is 5.12. The number of rotatable bonds is 4. The van der Waals surface area contributed by atoms with E-state index in [1.807, 2.05) is 4.90 Å². The Bertz CT molecular complexity index is 274. The molecule has 4 unspecified atom stereocenters. The van der Waals surface area contributed by atoms with Crippen molar-refractivity contribution < 1.29 is 15.3 Å². The van der Waals surface area contributed by atoms with Crippen molar-refractivity contribution in [2.75, 3.05) is 26.2 Å². The zero-order valence-corrected chi connectivity index (χ0v) is 9.34. The van der Waals surface area contributed by atoms with Crippen LogP contribution in [0.3, 0.4) is 0 Å². The van der Waals surface area contributed by atoms with Crippen molar-refractivity contribution in [2.24, 2.45) is 0 Å². The lowest BCUT2D eigenvalue weighted by Gasteiger charge is -2.33. The van der Waals surface area contributed by atoms with Gasteiger partial charge < -0.3 is 20.6 Å². The molecule has 0 aliphatic carbocycles. The minimum Gasteiger partial charge on any atom is -0.391 e. The second-order valence-corrected chi connectivity index (χ2v) is 4.72. The average molecular weight is 228 g/mol. The summed E-state index contributed by atoms with van der Waals surface area (Å²) in [4.78, 5) is 1.96. The molecule has 0 amide bonds. The van der Waals surface area contributed by atoms with E-state index in [0.29, 0.717) is 19.5 Å². The molecule has 0 bridgehead atoms. The van der Waals surface area contributed by atoms with Gasteiger partial charge in [-0.1, -0.05) is 6.08 Å². The molecule has 2 saturated heterocycles. The molecule has 5 nitrogen and oxygen atoms in total. The molecule has 4 N–H and O–H groups in total. The molecule has 16 heavy (non-hydrogen) atoms. The van der Waals surface area contributed by atoms with Gasteiger partial charge in [0.2, 0.25) is 0 Å². The first-order chi connectivity index (χ1) is 7.59. The minimum absolute atomic E-state index is 0.276. The standard InChI is InChI=1S/C11H20N2O3/c1-2-4-12-7-11(16)9(15)6-13-5-3-8(14)10(11)13/h2,8-10,12,14-16H,1,3-7H2. The first-order valence-corrected chi connectivity index (χ1v) is 5.73. The number of aliphatic hydroxyl groups excluding tert-OH is 2. The lowest BCUT2D eigenvalue weighted by atomic mass is 9.89. The zero-order chi connectivity index (χ0) is 11.8. The molecule has 0 spiro atoms. The van der Waals surface area contributed by atoms with Gasteiger partial charge in [0.1, 0.15) is 5.60 Å². The third-order valence-electron chi connectivity index (χ3n) is 3.66. The first-order valence-electron chi connectivity index (χ1n) is 5.73. The average Bonchev–Trinajstić information content (AvgIpc) is 2.70. The van der Waals surface area contributed by atoms with Crippen LogP contribution in [-0.4, -0.2) is 70.2 Å². The molecule has 0 saturated carbocycles. The third-order valence-corrected chi connectivity index (χ3v) is 3.66. The summed E-state index contributed by atoms with van der Waals surface area (Å²) in [7, 11) is 0. The molecule has 4 atom stereocenters. The number of fused-ring (bicyclic) bond motifs is 1. The van der Waals surface area contributed by atoms with Crippen molar-refractivity contribution in [1.29, 1.82) is 0 Å². The van der Waals surface area contributed by atoms with Gasteiger partial charge in [0.25, 0.3) is 0 Å². The quantitative estimate of drug-likeness (QED) is 0.341. The maximum atomic E-state index is 10.5. The van der Waals surface area contributed by atoms with E-state index < -0.39 is 17.8 Å². The van der Waals surface area contributed by atoms with Crippen LogP contribution >= 0.6 is 0 Å². The fourth-order valence-corrected chi connectivity index (χ4v) is 2.87. The van der Waals surface area contributed by atoms with Gasteiger partial charge in [-0.3, -0.25) is 4.90 Å². The molecular formula is C11H20N2O3. The van der Waals surface area contributed by atoms with Crippen LogP contribution in [0.2, 0.25) is 0 Å².